The predicted molar refractivity (Wildman–Crippen MR) is 243 cm³/mol. The molecule has 10 amide bonds. The van der Waals surface area contributed by atoms with Crippen LogP contribution in [0.4, 0.5) is 0 Å². The van der Waals surface area contributed by atoms with Crippen molar-refractivity contribution in [2.75, 3.05) is 6.61 Å². The van der Waals surface area contributed by atoms with E-state index >= 15 is 0 Å². The molecule has 0 rings (SSSR count). The molecule has 73 heavy (non-hydrogen) atoms. The molecule has 0 saturated carbocycles. The van der Waals surface area contributed by atoms with E-state index < -0.39 is 220 Å². The molecule has 0 aliphatic heterocycles. The minimum Gasteiger partial charge on any atom is -0.481 e. The lowest BCUT2D eigenvalue weighted by atomic mass is 9.97. The Morgan fingerprint density at radius 3 is 1.10 bits per heavy atom. The third-order valence-corrected chi connectivity index (χ3v) is 10.5. The molecule has 20 N–H and O–H groups in total. The molecule has 0 spiro atoms. The summed E-state index contributed by atoms with van der Waals surface area (Å²) < 4.78 is 0. The standard InChI is InChI=1S/C41H65N11O21/c1-5-17(4)32(40(71)49-23(14-30(62)63)37(68)50-24(15-53)39(70)51-31(16(2)3)41(72)73)52-38(69)22(13-26(44)55)48-36(67)21(8-11-29(60)61)47-35(66)20(7-10-28(58)59)46-34(65)19(6-9-27(56)57)45-33(64)18(42)12-25(43)54/h16-24,31-32,53H,5-15,42H2,1-4H3,(H2,43,54)(H2,44,55)(H,45,64)(H,46,65)(H,47,66)(H,48,67)(H,49,71)(H,50,68)(H,51,70)(H,52,69)(H,56,57)(H,58,59)(H,60,61)(H,62,63)(H,72,73)/t17-,18-,19-,20-,21-,22-,23-,24-,31-,32-/m0/s1. The molecule has 0 saturated heterocycles. The number of aliphatic hydroxyl groups excluding tert-OH is 1. The zero-order valence-electron chi connectivity index (χ0n) is 40.2. The number of nitrogens with two attached hydrogens (primary N) is 3. The topological polar surface area (TPSA) is 552 Å². The molecule has 10 atom stereocenters. The second-order valence-corrected chi connectivity index (χ2v) is 16.8. The van der Waals surface area contributed by atoms with Crippen molar-refractivity contribution in [2.24, 2.45) is 29.0 Å². The number of rotatable bonds is 36. The summed E-state index contributed by atoms with van der Waals surface area (Å²) in [4.78, 5) is 189. The van der Waals surface area contributed by atoms with Gasteiger partial charge in [-0.15, -0.1) is 0 Å². The van der Waals surface area contributed by atoms with Gasteiger partial charge in [0.25, 0.3) is 0 Å². The van der Waals surface area contributed by atoms with Crippen LogP contribution >= 0.6 is 0 Å². The van der Waals surface area contributed by atoms with E-state index in [0.29, 0.717) is 0 Å². The van der Waals surface area contributed by atoms with Crippen molar-refractivity contribution >= 4 is 88.9 Å². The number of hydrogen-bond donors (Lipinski definition) is 17. The van der Waals surface area contributed by atoms with Crippen molar-refractivity contribution in [3.05, 3.63) is 0 Å². The molecule has 0 fully saturated rings. The van der Waals surface area contributed by atoms with E-state index in [1.165, 1.54) is 27.7 Å². The number of aliphatic hydroxyl groups is 1. The fourth-order valence-corrected chi connectivity index (χ4v) is 6.26. The van der Waals surface area contributed by atoms with Gasteiger partial charge >= 0.3 is 29.8 Å². The Morgan fingerprint density at radius 2 is 0.740 bits per heavy atom. The van der Waals surface area contributed by atoms with Crippen LogP contribution in [0.3, 0.4) is 0 Å². The normalized spacial score (nSPS) is 15.0. The lowest BCUT2D eigenvalue weighted by Gasteiger charge is -2.29. The largest absolute Gasteiger partial charge is 0.481 e. The number of amides is 10. The van der Waals surface area contributed by atoms with Gasteiger partial charge in [0.1, 0.15) is 48.3 Å². The van der Waals surface area contributed by atoms with Crippen LogP contribution in [-0.2, 0) is 71.9 Å². The van der Waals surface area contributed by atoms with Gasteiger partial charge in [-0.3, -0.25) is 67.1 Å². The number of carboxylic acids is 5. The molecule has 0 radical (unpaired) electrons. The monoisotopic (exact) mass is 1050 g/mol. The molecule has 410 valence electrons. The minimum atomic E-state index is -2.04. The number of carboxylic acid groups (broad SMARTS) is 5. The Morgan fingerprint density at radius 1 is 0.411 bits per heavy atom. The van der Waals surface area contributed by atoms with Crippen molar-refractivity contribution in [1.82, 2.24) is 42.5 Å². The lowest BCUT2D eigenvalue weighted by Crippen LogP contribution is -2.62. The molecule has 0 aliphatic rings. The minimum absolute atomic E-state index is 0.0761. The lowest BCUT2D eigenvalue weighted by molar-refractivity contribution is -0.144. The first kappa shape index (κ1) is 65.0. The number of nitrogens with one attached hydrogen (secondary N) is 8. The maximum absolute atomic E-state index is 13.8. The summed E-state index contributed by atoms with van der Waals surface area (Å²) in [5.74, 6) is -21.8. The zero-order valence-corrected chi connectivity index (χ0v) is 40.2. The highest BCUT2D eigenvalue weighted by molar-refractivity contribution is 6.00. The van der Waals surface area contributed by atoms with Crippen LogP contribution in [0.15, 0.2) is 0 Å². The summed E-state index contributed by atoms with van der Waals surface area (Å²) >= 11 is 0. The molecule has 0 aromatic rings. The van der Waals surface area contributed by atoms with E-state index in [1.807, 2.05) is 5.32 Å². The van der Waals surface area contributed by atoms with Gasteiger partial charge in [-0.05, 0) is 31.1 Å². The first-order valence-electron chi connectivity index (χ1n) is 22.3. The van der Waals surface area contributed by atoms with Crippen LogP contribution in [0.25, 0.3) is 0 Å². The summed E-state index contributed by atoms with van der Waals surface area (Å²) in [6.07, 6.45) is -7.47. The molecule has 32 nitrogen and oxygen atoms in total. The third-order valence-electron chi connectivity index (χ3n) is 10.5. The summed E-state index contributed by atoms with van der Waals surface area (Å²) in [6.45, 7) is 4.71. The predicted octanol–water partition coefficient (Wildman–Crippen LogP) is -7.21. The van der Waals surface area contributed by atoms with Crippen LogP contribution in [0.2, 0.25) is 0 Å². The summed E-state index contributed by atoms with van der Waals surface area (Å²) in [5.41, 5.74) is 16.0. The van der Waals surface area contributed by atoms with Gasteiger partial charge in [-0.2, -0.15) is 0 Å². The smallest absolute Gasteiger partial charge is 0.326 e. The molecule has 32 heteroatoms. The average molecular weight is 1050 g/mol. The van der Waals surface area contributed by atoms with E-state index in [2.05, 4.69) is 37.2 Å². The van der Waals surface area contributed by atoms with Gasteiger partial charge in [-0.25, -0.2) is 4.79 Å². The SMILES string of the molecule is CC[C@H](C)[C@H](NC(=O)[C@H](CC(N)=O)NC(=O)[C@H](CCC(=O)O)NC(=O)[C@H](CCC(=O)O)NC(=O)[C@H](CCC(=O)O)NC(=O)[C@@H](N)CC(N)=O)C(=O)N[C@@H](CC(=O)O)C(=O)N[C@@H](CO)C(=O)N[C@H](C(=O)O)C(C)C. The second kappa shape index (κ2) is 32.0. The van der Waals surface area contributed by atoms with E-state index in [0.717, 1.165) is 0 Å². The van der Waals surface area contributed by atoms with Crippen LogP contribution < -0.4 is 59.7 Å². The molecule has 0 aromatic heterocycles. The number of carbonyl (C=O) groups is 15. The van der Waals surface area contributed by atoms with Crippen LogP contribution in [0.5, 0.6) is 0 Å². The Balaban J connectivity index is 6.79. The molecule has 0 aromatic carbocycles. The summed E-state index contributed by atoms with van der Waals surface area (Å²) in [5, 5.41) is 73.7. The molecular formula is C41H65N11O21. The van der Waals surface area contributed by atoms with E-state index in [-0.39, 0.29) is 6.42 Å². The maximum atomic E-state index is 13.8. The summed E-state index contributed by atoms with van der Waals surface area (Å²) in [6, 6.07) is -16.4. The highest BCUT2D eigenvalue weighted by Gasteiger charge is 2.37. The van der Waals surface area contributed by atoms with E-state index in [9.17, 15) is 103 Å². The number of primary amides is 2. The van der Waals surface area contributed by atoms with E-state index in [4.69, 9.17) is 17.2 Å². The van der Waals surface area contributed by atoms with Crippen molar-refractivity contribution in [3.63, 3.8) is 0 Å². The Hall–Kier alpha value is -8.03. The summed E-state index contributed by atoms with van der Waals surface area (Å²) in [7, 11) is 0. The number of carbonyl (C=O) groups excluding carboxylic acids is 10. The van der Waals surface area contributed by atoms with Crippen LogP contribution in [-0.4, -0.2) is 181 Å². The fourth-order valence-electron chi connectivity index (χ4n) is 6.26. The Bertz CT molecular complexity index is 2070. The van der Waals surface area contributed by atoms with Gasteiger partial charge in [0.15, 0.2) is 0 Å². The second-order valence-electron chi connectivity index (χ2n) is 16.8. The van der Waals surface area contributed by atoms with Gasteiger partial charge in [-0.1, -0.05) is 34.1 Å². The van der Waals surface area contributed by atoms with Gasteiger partial charge in [0, 0.05) is 19.3 Å². The quantitative estimate of drug-likeness (QED) is 0.0277. The Labute approximate surface area is 415 Å². The van der Waals surface area contributed by atoms with Crippen molar-refractivity contribution in [1.29, 1.82) is 0 Å². The fraction of sp³-hybridized carbons (Fsp3) is 0.634. The molecular weight excluding hydrogens is 983 g/mol. The maximum Gasteiger partial charge on any atom is 0.326 e. The third kappa shape index (κ3) is 25.1. The van der Waals surface area contributed by atoms with Crippen LogP contribution in [0, 0.1) is 11.8 Å². The zero-order chi connectivity index (χ0) is 56.4. The molecule has 0 heterocycles. The number of aliphatic carboxylic acids is 5. The van der Waals surface area contributed by atoms with Gasteiger partial charge in [0.05, 0.1) is 31.9 Å². The van der Waals surface area contributed by atoms with Gasteiger partial charge in [0.2, 0.25) is 59.1 Å². The van der Waals surface area contributed by atoms with Crippen molar-refractivity contribution in [2.45, 2.75) is 146 Å². The van der Waals surface area contributed by atoms with E-state index in [1.54, 1.807) is 0 Å². The first-order valence-corrected chi connectivity index (χ1v) is 22.3. The molecule has 0 bridgehead atoms. The average Bonchev–Trinajstić information content (AvgIpc) is 3.28. The highest BCUT2D eigenvalue weighted by Crippen LogP contribution is 2.12. The van der Waals surface area contributed by atoms with Crippen LogP contribution in [0.1, 0.15) is 91.9 Å². The first-order chi connectivity index (χ1) is 33.8. The molecule has 0 aliphatic carbocycles. The molecule has 0 unspecified atom stereocenters. The van der Waals surface area contributed by atoms with Crippen molar-refractivity contribution in [3.8, 4) is 0 Å². The van der Waals surface area contributed by atoms with Gasteiger partial charge < -0.3 is 90.4 Å². The highest BCUT2D eigenvalue weighted by atomic mass is 16.4. The Kier molecular flexibility index (Phi) is 28.5. The van der Waals surface area contributed by atoms with Crippen molar-refractivity contribution < 1.29 is 103 Å². The number of hydrogen-bond acceptors (Lipinski definition) is 17.